The molecule has 4 aromatic heterocycles. The van der Waals surface area contributed by atoms with Gasteiger partial charge in [0.2, 0.25) is 5.82 Å². The zero-order valence-electron chi connectivity index (χ0n) is 21.0. The smallest absolute Gasteiger partial charge is 0.292 e. The summed E-state index contributed by atoms with van der Waals surface area (Å²) in [5.74, 6) is 0.244. The number of anilines is 1. The molecule has 192 valence electrons. The highest BCUT2D eigenvalue weighted by molar-refractivity contribution is 6.00. The second kappa shape index (κ2) is 8.20. The van der Waals surface area contributed by atoms with Crippen LogP contribution < -0.4 is 5.73 Å². The van der Waals surface area contributed by atoms with Crippen molar-refractivity contribution in [1.29, 1.82) is 0 Å². The highest BCUT2D eigenvalue weighted by Gasteiger charge is 2.45. The molecule has 5 aromatic rings. The molecule has 2 saturated heterocycles. The highest BCUT2D eigenvalue weighted by Crippen LogP contribution is 2.45. The number of fused-ring (bicyclic) bond motifs is 4. The molecule has 2 fully saturated rings. The molecule has 0 aliphatic carbocycles. The Balaban J connectivity index is 1.31. The van der Waals surface area contributed by atoms with Gasteiger partial charge in [-0.2, -0.15) is 14.7 Å². The van der Waals surface area contributed by atoms with Gasteiger partial charge in [0, 0.05) is 42.2 Å². The number of nitrogens with two attached hydrogens (primary N) is 1. The largest absolute Gasteiger partial charge is 0.383 e. The van der Waals surface area contributed by atoms with E-state index in [0.717, 1.165) is 34.9 Å². The molecule has 12 nitrogen and oxygen atoms in total. The molecule has 0 saturated carbocycles. The molecule has 3 N–H and O–H groups in total. The van der Waals surface area contributed by atoms with E-state index in [2.05, 4.69) is 25.4 Å². The second-order valence-electron chi connectivity index (χ2n) is 10.3. The lowest BCUT2D eigenvalue weighted by Crippen LogP contribution is -2.46. The Hall–Kier alpha value is -4.61. The lowest BCUT2D eigenvalue weighted by molar-refractivity contribution is 0.0556. The number of Topliss-reactive ketones (excluding diaryl/α,β-unsaturated/α-hetero) is 1. The number of nitrogens with zero attached hydrogens (tertiary/aromatic N) is 8. The van der Waals surface area contributed by atoms with Gasteiger partial charge in [-0.3, -0.25) is 14.3 Å². The summed E-state index contributed by atoms with van der Waals surface area (Å²) < 4.78 is 3.33. The first-order valence-corrected chi connectivity index (χ1v) is 12.7. The monoisotopic (exact) mass is 510 g/mol. The number of H-pyrrole nitrogens is 1. The Labute approximate surface area is 216 Å². The number of nitrogen functional groups attached to an aromatic ring is 1. The first-order chi connectivity index (χ1) is 18.4. The van der Waals surface area contributed by atoms with Gasteiger partial charge < -0.3 is 15.6 Å². The van der Waals surface area contributed by atoms with Gasteiger partial charge in [0.05, 0.1) is 23.0 Å². The zero-order valence-corrected chi connectivity index (χ0v) is 21.0. The van der Waals surface area contributed by atoms with Crippen LogP contribution in [0.5, 0.6) is 0 Å². The molecule has 0 spiro atoms. The number of aromatic nitrogens is 8. The van der Waals surface area contributed by atoms with Crippen molar-refractivity contribution < 1.29 is 9.59 Å². The van der Waals surface area contributed by atoms with Crippen LogP contribution in [0.4, 0.5) is 5.82 Å². The van der Waals surface area contributed by atoms with Gasteiger partial charge in [-0.1, -0.05) is 12.1 Å². The molecule has 12 heteroatoms. The average molecular weight is 511 g/mol. The van der Waals surface area contributed by atoms with Crippen LogP contribution in [0, 0.1) is 0 Å². The van der Waals surface area contributed by atoms with E-state index in [4.69, 9.17) is 10.7 Å². The molecule has 3 atom stereocenters. The summed E-state index contributed by atoms with van der Waals surface area (Å²) in [6.45, 7) is 1.51. The number of ketones is 1. The fourth-order valence-electron chi connectivity index (χ4n) is 6.36. The van der Waals surface area contributed by atoms with E-state index >= 15 is 0 Å². The number of nitrogens with one attached hydrogen (secondary N) is 1. The summed E-state index contributed by atoms with van der Waals surface area (Å²) in [5.41, 5.74) is 10.9. The van der Waals surface area contributed by atoms with Crippen LogP contribution >= 0.6 is 0 Å². The van der Waals surface area contributed by atoms with Crippen LogP contribution in [-0.4, -0.2) is 68.2 Å². The van der Waals surface area contributed by atoms with E-state index in [9.17, 15) is 9.59 Å². The number of aromatic amines is 1. The van der Waals surface area contributed by atoms with Crippen molar-refractivity contribution in [3.05, 3.63) is 54.0 Å². The van der Waals surface area contributed by atoms with Gasteiger partial charge in [0.1, 0.15) is 12.1 Å². The van der Waals surface area contributed by atoms with Crippen molar-refractivity contribution >= 4 is 34.1 Å². The van der Waals surface area contributed by atoms with E-state index < -0.39 is 0 Å². The van der Waals surface area contributed by atoms with Gasteiger partial charge in [0.15, 0.2) is 11.4 Å². The van der Waals surface area contributed by atoms with Crippen molar-refractivity contribution in [2.75, 3.05) is 5.73 Å². The summed E-state index contributed by atoms with van der Waals surface area (Å²) in [6, 6.07) is 6.12. The number of aryl methyl sites for hydroxylation is 1. The molecule has 6 heterocycles. The minimum Gasteiger partial charge on any atom is -0.383 e. The number of rotatable bonds is 4. The van der Waals surface area contributed by atoms with Gasteiger partial charge >= 0.3 is 0 Å². The van der Waals surface area contributed by atoms with E-state index in [1.54, 1.807) is 15.4 Å². The van der Waals surface area contributed by atoms with Crippen LogP contribution in [0.3, 0.4) is 0 Å². The summed E-state index contributed by atoms with van der Waals surface area (Å²) in [5, 5.41) is 17.7. The fourth-order valence-corrected chi connectivity index (χ4v) is 6.36. The molecular weight excluding hydrogens is 484 g/mol. The van der Waals surface area contributed by atoms with Crippen LogP contribution in [0.25, 0.3) is 27.7 Å². The number of piperidine rings is 1. The maximum Gasteiger partial charge on any atom is 0.292 e. The number of hydrogen-bond donors (Lipinski definition) is 2. The summed E-state index contributed by atoms with van der Waals surface area (Å²) >= 11 is 0. The maximum atomic E-state index is 13.1. The van der Waals surface area contributed by atoms with E-state index in [0.29, 0.717) is 29.7 Å². The number of amides is 1. The Bertz CT molecular complexity index is 1720. The van der Waals surface area contributed by atoms with E-state index in [1.165, 1.54) is 13.3 Å². The molecule has 2 aliphatic heterocycles. The normalized spacial score (nSPS) is 21.0. The Morgan fingerprint density at radius 2 is 1.95 bits per heavy atom. The Kier molecular flexibility index (Phi) is 4.87. The van der Waals surface area contributed by atoms with Gasteiger partial charge in [-0.15, -0.1) is 10.2 Å². The molecule has 2 bridgehead atoms. The van der Waals surface area contributed by atoms with E-state index in [-0.39, 0.29) is 41.3 Å². The molecule has 38 heavy (non-hydrogen) atoms. The third-order valence-corrected chi connectivity index (χ3v) is 7.97. The lowest BCUT2D eigenvalue weighted by atomic mass is 9.85. The van der Waals surface area contributed by atoms with Gasteiger partial charge in [-0.05, 0) is 44.2 Å². The molecule has 0 radical (unpaired) electrons. The summed E-state index contributed by atoms with van der Waals surface area (Å²) in [7, 11) is 1.89. The molecule has 2 aliphatic rings. The van der Waals surface area contributed by atoms with Crippen molar-refractivity contribution in [3.63, 3.8) is 0 Å². The summed E-state index contributed by atoms with van der Waals surface area (Å²) in [6.07, 6.45) is 8.31. The maximum absolute atomic E-state index is 13.1. The number of carbonyl (C=O) groups is 2. The predicted octanol–water partition coefficient (Wildman–Crippen LogP) is 2.74. The summed E-state index contributed by atoms with van der Waals surface area (Å²) in [4.78, 5) is 35.8. The zero-order chi connectivity index (χ0) is 26.1. The third kappa shape index (κ3) is 3.32. The topological polar surface area (TPSA) is 153 Å². The SMILES string of the molecule is CC(=O)c1c([C@H]2C[C@H]3CC[C@@H](C2)N3C(=O)c2nnc[nH]2)nc2c(-c3ccc4cn(C)nc4c3)cnn2c1N. The highest BCUT2D eigenvalue weighted by atomic mass is 16.2. The van der Waals surface area contributed by atoms with Crippen LogP contribution in [-0.2, 0) is 7.05 Å². The van der Waals surface area contributed by atoms with Crippen molar-refractivity contribution in [2.24, 2.45) is 7.05 Å². The fraction of sp³-hybridized carbons (Fsp3) is 0.346. The van der Waals surface area contributed by atoms with Gasteiger partial charge in [0.25, 0.3) is 5.91 Å². The molecule has 7 rings (SSSR count). The van der Waals surface area contributed by atoms with Crippen molar-refractivity contribution in [3.8, 4) is 11.1 Å². The van der Waals surface area contributed by atoms with Gasteiger partial charge in [-0.25, -0.2) is 4.98 Å². The standard InChI is InChI=1S/C26H26N10O2/c1-13(37)21-22(16-7-17-5-6-18(8-16)35(17)26(38)24-28-12-29-32-24)31-25-19(10-30-36(25)23(21)27)14-3-4-15-11-34(2)33-20(15)9-14/h3-4,9-12,16-18H,5-8,27H2,1-2H3,(H,28,29,32)/t16-,17+,18-. The Morgan fingerprint density at radius 3 is 2.66 bits per heavy atom. The third-order valence-electron chi connectivity index (χ3n) is 7.97. The first kappa shape index (κ1) is 22.6. The van der Waals surface area contributed by atoms with E-state index in [1.807, 2.05) is 36.3 Å². The second-order valence-corrected chi connectivity index (χ2v) is 10.3. The first-order valence-electron chi connectivity index (χ1n) is 12.7. The van der Waals surface area contributed by atoms with Crippen LogP contribution in [0.2, 0.25) is 0 Å². The minimum absolute atomic E-state index is 0.0153. The Morgan fingerprint density at radius 1 is 1.16 bits per heavy atom. The number of carbonyl (C=O) groups excluding carboxylic acids is 2. The molecular formula is C26H26N10O2. The average Bonchev–Trinajstić information content (AvgIpc) is 3.68. The van der Waals surface area contributed by atoms with Crippen LogP contribution in [0.1, 0.15) is 65.2 Å². The minimum atomic E-state index is -0.147. The lowest BCUT2D eigenvalue weighted by Gasteiger charge is -2.38. The number of hydrogen-bond acceptors (Lipinski definition) is 8. The quantitative estimate of drug-likeness (QED) is 0.350. The van der Waals surface area contributed by atoms with Crippen molar-refractivity contribution in [1.82, 2.24) is 44.5 Å². The van der Waals surface area contributed by atoms with Crippen molar-refractivity contribution in [2.45, 2.75) is 50.6 Å². The number of benzene rings is 1. The molecule has 0 unspecified atom stereocenters. The predicted molar refractivity (Wildman–Crippen MR) is 138 cm³/mol. The van der Waals surface area contributed by atoms with Crippen LogP contribution in [0.15, 0.2) is 36.9 Å². The molecule has 1 amide bonds. The molecule has 1 aromatic carbocycles.